The predicted molar refractivity (Wildman–Crippen MR) is 74.5 cm³/mol. The van der Waals surface area contributed by atoms with E-state index in [4.69, 9.17) is 0 Å². The maximum atomic E-state index is 4.40. The second kappa shape index (κ2) is 7.28. The summed E-state index contributed by atoms with van der Waals surface area (Å²) >= 11 is 0. The second-order valence-corrected chi connectivity index (χ2v) is 4.11. The quantitative estimate of drug-likeness (QED) is 0.785. The van der Waals surface area contributed by atoms with Crippen LogP contribution in [0.3, 0.4) is 0 Å². The van der Waals surface area contributed by atoms with Crippen molar-refractivity contribution in [3.05, 3.63) is 24.4 Å². The molecule has 0 radical (unpaired) electrons. The van der Waals surface area contributed by atoms with E-state index in [1.165, 1.54) is 0 Å². The van der Waals surface area contributed by atoms with Crippen molar-refractivity contribution in [3.63, 3.8) is 0 Å². The van der Waals surface area contributed by atoms with Crippen molar-refractivity contribution in [2.75, 3.05) is 31.1 Å². The van der Waals surface area contributed by atoms with Gasteiger partial charge in [0.1, 0.15) is 5.82 Å². The summed E-state index contributed by atoms with van der Waals surface area (Å²) in [4.78, 5) is 9.28. The van der Waals surface area contributed by atoms with Crippen LogP contribution in [0.1, 0.15) is 27.7 Å². The normalized spacial score (nSPS) is 20.7. The number of likely N-dealkylation sites (N-methyl/N-ethyl adjacent to an activating group) is 1. The van der Waals surface area contributed by atoms with Crippen molar-refractivity contribution in [2.24, 2.45) is 0 Å². The molecule has 0 aromatic carbocycles. The Balaban J connectivity index is 0.000000686. The van der Waals surface area contributed by atoms with Crippen LogP contribution < -0.4 is 4.90 Å². The summed E-state index contributed by atoms with van der Waals surface area (Å²) in [7, 11) is 0. The van der Waals surface area contributed by atoms with Crippen LogP contribution in [-0.2, 0) is 0 Å². The lowest BCUT2D eigenvalue weighted by atomic mass is 10.2. The topological polar surface area (TPSA) is 19.4 Å². The fourth-order valence-electron chi connectivity index (χ4n) is 2.21. The molecule has 0 spiro atoms. The van der Waals surface area contributed by atoms with Crippen molar-refractivity contribution < 1.29 is 0 Å². The molecule has 1 aromatic heterocycles. The minimum Gasteiger partial charge on any atom is -0.354 e. The molecule has 17 heavy (non-hydrogen) atoms. The van der Waals surface area contributed by atoms with Gasteiger partial charge in [0, 0.05) is 31.9 Å². The molecule has 1 aromatic rings. The molecular weight excluding hydrogens is 210 g/mol. The van der Waals surface area contributed by atoms with E-state index in [1.807, 2.05) is 26.1 Å². The second-order valence-electron chi connectivity index (χ2n) is 4.11. The Bertz CT molecular complexity index is 300. The van der Waals surface area contributed by atoms with E-state index >= 15 is 0 Å². The molecule has 2 heterocycles. The van der Waals surface area contributed by atoms with E-state index in [2.05, 4.69) is 40.8 Å². The summed E-state index contributed by atoms with van der Waals surface area (Å²) in [6, 6.07) is 6.74. The van der Waals surface area contributed by atoms with Crippen LogP contribution in [0.25, 0.3) is 0 Å². The number of rotatable bonds is 2. The standard InChI is InChI=1S/C12H19N3.C2H6/c1-3-14-8-9-15(10-11(14)2)12-6-4-5-7-13-12;1-2/h4-7,11H,3,8-10H2,1-2H3;1-2H3. The summed E-state index contributed by atoms with van der Waals surface area (Å²) in [6.45, 7) is 13.0. The highest BCUT2D eigenvalue weighted by atomic mass is 15.3. The third kappa shape index (κ3) is 3.70. The van der Waals surface area contributed by atoms with E-state index in [0.717, 1.165) is 32.0 Å². The highest BCUT2D eigenvalue weighted by Gasteiger charge is 2.22. The summed E-state index contributed by atoms with van der Waals surface area (Å²) in [5.41, 5.74) is 0. The fraction of sp³-hybridized carbons (Fsp3) is 0.643. The average Bonchev–Trinajstić information content (AvgIpc) is 2.42. The molecule has 1 unspecified atom stereocenters. The van der Waals surface area contributed by atoms with Crippen LogP contribution in [0.5, 0.6) is 0 Å². The van der Waals surface area contributed by atoms with Gasteiger partial charge >= 0.3 is 0 Å². The Morgan fingerprint density at radius 1 is 1.29 bits per heavy atom. The van der Waals surface area contributed by atoms with Crippen LogP contribution in [-0.4, -0.2) is 42.1 Å². The van der Waals surface area contributed by atoms with E-state index in [-0.39, 0.29) is 0 Å². The van der Waals surface area contributed by atoms with Crippen molar-refractivity contribution in [3.8, 4) is 0 Å². The Hall–Kier alpha value is -1.09. The minimum absolute atomic E-state index is 0.630. The smallest absolute Gasteiger partial charge is 0.128 e. The summed E-state index contributed by atoms with van der Waals surface area (Å²) in [5.74, 6) is 1.11. The first-order chi connectivity index (χ1) is 8.31. The number of hydrogen-bond donors (Lipinski definition) is 0. The van der Waals surface area contributed by atoms with Gasteiger partial charge in [-0.2, -0.15) is 0 Å². The molecular formula is C14H25N3. The first-order valence-electron chi connectivity index (χ1n) is 6.71. The predicted octanol–water partition coefficient (Wildman–Crippen LogP) is 2.64. The zero-order valence-corrected chi connectivity index (χ0v) is 11.6. The number of nitrogens with zero attached hydrogens (tertiary/aromatic N) is 3. The molecule has 0 aliphatic carbocycles. The van der Waals surface area contributed by atoms with Gasteiger partial charge in [0.15, 0.2) is 0 Å². The van der Waals surface area contributed by atoms with Crippen molar-refractivity contribution in [1.82, 2.24) is 9.88 Å². The van der Waals surface area contributed by atoms with Gasteiger partial charge in [-0.1, -0.05) is 26.8 Å². The van der Waals surface area contributed by atoms with Gasteiger partial charge in [-0.3, -0.25) is 4.90 Å². The number of aromatic nitrogens is 1. The molecule has 96 valence electrons. The van der Waals surface area contributed by atoms with Gasteiger partial charge in [-0.05, 0) is 25.6 Å². The van der Waals surface area contributed by atoms with E-state index in [1.54, 1.807) is 0 Å². The van der Waals surface area contributed by atoms with Gasteiger partial charge < -0.3 is 4.90 Å². The van der Waals surface area contributed by atoms with Crippen LogP contribution >= 0.6 is 0 Å². The van der Waals surface area contributed by atoms with E-state index in [9.17, 15) is 0 Å². The van der Waals surface area contributed by atoms with Gasteiger partial charge in [-0.15, -0.1) is 0 Å². The monoisotopic (exact) mass is 235 g/mol. The van der Waals surface area contributed by atoms with Crippen LogP contribution in [0.4, 0.5) is 5.82 Å². The van der Waals surface area contributed by atoms with Crippen LogP contribution in [0.15, 0.2) is 24.4 Å². The summed E-state index contributed by atoms with van der Waals surface area (Å²) < 4.78 is 0. The van der Waals surface area contributed by atoms with Gasteiger partial charge in [0.2, 0.25) is 0 Å². The molecule has 1 aliphatic rings. The lowest BCUT2D eigenvalue weighted by Crippen LogP contribution is -2.51. The molecule has 1 fully saturated rings. The largest absolute Gasteiger partial charge is 0.354 e. The number of hydrogen-bond acceptors (Lipinski definition) is 3. The fourth-order valence-corrected chi connectivity index (χ4v) is 2.21. The molecule has 0 bridgehead atoms. The molecule has 1 aliphatic heterocycles. The zero-order chi connectivity index (χ0) is 12.7. The first-order valence-corrected chi connectivity index (χ1v) is 6.71. The molecule has 3 nitrogen and oxygen atoms in total. The Morgan fingerprint density at radius 2 is 2.06 bits per heavy atom. The third-order valence-electron chi connectivity index (χ3n) is 3.14. The first kappa shape index (κ1) is 14.0. The van der Waals surface area contributed by atoms with E-state index in [0.29, 0.717) is 6.04 Å². The lowest BCUT2D eigenvalue weighted by Gasteiger charge is -2.39. The highest BCUT2D eigenvalue weighted by Crippen LogP contribution is 2.15. The number of pyridine rings is 1. The SMILES string of the molecule is CC.CCN1CCN(c2ccccn2)CC1C. The van der Waals surface area contributed by atoms with Gasteiger partial charge in [0.05, 0.1) is 0 Å². The van der Waals surface area contributed by atoms with Gasteiger partial charge in [0.25, 0.3) is 0 Å². The third-order valence-corrected chi connectivity index (χ3v) is 3.14. The van der Waals surface area contributed by atoms with Crippen LogP contribution in [0.2, 0.25) is 0 Å². The molecule has 1 atom stereocenters. The Labute approximate surface area is 105 Å². The number of anilines is 1. The molecule has 0 N–H and O–H groups in total. The van der Waals surface area contributed by atoms with Crippen molar-refractivity contribution >= 4 is 5.82 Å². The average molecular weight is 235 g/mol. The summed E-state index contributed by atoms with van der Waals surface area (Å²) in [6.07, 6.45) is 1.87. The van der Waals surface area contributed by atoms with Gasteiger partial charge in [-0.25, -0.2) is 4.98 Å². The van der Waals surface area contributed by atoms with Crippen LogP contribution in [0, 0.1) is 0 Å². The molecule has 2 rings (SSSR count). The maximum Gasteiger partial charge on any atom is 0.128 e. The molecule has 0 saturated carbocycles. The molecule has 0 amide bonds. The zero-order valence-electron chi connectivity index (χ0n) is 11.6. The lowest BCUT2D eigenvalue weighted by molar-refractivity contribution is 0.199. The Morgan fingerprint density at radius 3 is 2.59 bits per heavy atom. The molecule has 1 saturated heterocycles. The van der Waals surface area contributed by atoms with Crippen molar-refractivity contribution in [1.29, 1.82) is 0 Å². The van der Waals surface area contributed by atoms with Crippen molar-refractivity contribution in [2.45, 2.75) is 33.7 Å². The minimum atomic E-state index is 0.630. The van der Waals surface area contributed by atoms with E-state index < -0.39 is 0 Å². The molecule has 3 heteroatoms. The summed E-state index contributed by atoms with van der Waals surface area (Å²) in [5, 5.41) is 0. The Kier molecular flexibility index (Phi) is 5.98. The maximum absolute atomic E-state index is 4.40. The number of piperazine rings is 1. The highest BCUT2D eigenvalue weighted by molar-refractivity contribution is 5.38.